The quantitative estimate of drug-likeness (QED) is 0.304. The first-order chi connectivity index (χ1) is 18.6. The van der Waals surface area contributed by atoms with Crippen molar-refractivity contribution in [3.8, 4) is 11.5 Å². The molecule has 1 unspecified atom stereocenters. The molecule has 0 aromatic heterocycles. The number of carbonyl (C=O) groups is 1. The van der Waals surface area contributed by atoms with Crippen LogP contribution in [-0.4, -0.2) is 68.1 Å². The zero-order valence-corrected chi connectivity index (χ0v) is 23.0. The van der Waals surface area contributed by atoms with Crippen molar-refractivity contribution in [3.05, 3.63) is 42.0 Å². The van der Waals surface area contributed by atoms with Gasteiger partial charge in [0.25, 0.3) is 0 Å². The SMILES string of the molecule is CCCCCNc1ccc(OCCCN2CCN(c3ccccc3OCCC)CC2O)c2c1NC(=O)CC2. The van der Waals surface area contributed by atoms with Crippen molar-refractivity contribution in [2.75, 3.05) is 61.5 Å². The van der Waals surface area contributed by atoms with Crippen LogP contribution in [-0.2, 0) is 11.2 Å². The summed E-state index contributed by atoms with van der Waals surface area (Å²) in [5.74, 6) is 1.78. The number of ether oxygens (including phenoxy) is 2. The summed E-state index contributed by atoms with van der Waals surface area (Å²) < 4.78 is 12.1. The van der Waals surface area contributed by atoms with Crippen LogP contribution in [0.1, 0.15) is 57.9 Å². The average Bonchev–Trinajstić information content (AvgIpc) is 2.93. The average molecular weight is 525 g/mol. The molecule has 0 saturated carbocycles. The van der Waals surface area contributed by atoms with E-state index < -0.39 is 6.23 Å². The number of carbonyl (C=O) groups excluding carboxylic acids is 1. The molecule has 0 spiro atoms. The lowest BCUT2D eigenvalue weighted by molar-refractivity contribution is -0.116. The van der Waals surface area contributed by atoms with E-state index in [-0.39, 0.29) is 5.91 Å². The summed E-state index contributed by atoms with van der Waals surface area (Å²) in [6, 6.07) is 12.1. The number of anilines is 3. The van der Waals surface area contributed by atoms with Crippen LogP contribution in [0.5, 0.6) is 11.5 Å². The van der Waals surface area contributed by atoms with E-state index in [9.17, 15) is 9.90 Å². The topological polar surface area (TPSA) is 86.3 Å². The van der Waals surface area contributed by atoms with Gasteiger partial charge in [-0.15, -0.1) is 0 Å². The second-order valence-corrected chi connectivity index (χ2v) is 10.1. The molecule has 8 nitrogen and oxygen atoms in total. The Labute approximate surface area is 227 Å². The summed E-state index contributed by atoms with van der Waals surface area (Å²) in [5, 5.41) is 17.4. The molecule has 8 heteroatoms. The second-order valence-electron chi connectivity index (χ2n) is 10.1. The molecule has 0 radical (unpaired) electrons. The van der Waals surface area contributed by atoms with E-state index in [1.54, 1.807) is 0 Å². The Hall–Kier alpha value is -2.97. The lowest BCUT2D eigenvalue weighted by atomic mass is 10.0. The van der Waals surface area contributed by atoms with E-state index in [1.165, 1.54) is 12.8 Å². The van der Waals surface area contributed by atoms with Gasteiger partial charge in [-0.2, -0.15) is 0 Å². The fourth-order valence-corrected chi connectivity index (χ4v) is 5.12. The van der Waals surface area contributed by atoms with Crippen LogP contribution in [0.25, 0.3) is 0 Å². The van der Waals surface area contributed by atoms with Gasteiger partial charge in [0, 0.05) is 38.2 Å². The van der Waals surface area contributed by atoms with Crippen LogP contribution in [0.4, 0.5) is 17.1 Å². The first-order valence-electron chi connectivity index (χ1n) is 14.3. The third-order valence-electron chi connectivity index (χ3n) is 7.21. The summed E-state index contributed by atoms with van der Waals surface area (Å²) >= 11 is 0. The number of aliphatic hydroxyl groups is 1. The maximum absolute atomic E-state index is 12.1. The predicted octanol–water partition coefficient (Wildman–Crippen LogP) is 4.87. The van der Waals surface area contributed by atoms with Gasteiger partial charge in [0.05, 0.1) is 36.8 Å². The van der Waals surface area contributed by atoms with Crippen molar-refractivity contribution in [3.63, 3.8) is 0 Å². The van der Waals surface area contributed by atoms with Crippen LogP contribution >= 0.6 is 0 Å². The number of rotatable bonds is 14. The first-order valence-corrected chi connectivity index (χ1v) is 14.3. The van der Waals surface area contributed by atoms with Gasteiger partial charge in [0.2, 0.25) is 5.91 Å². The molecule has 0 bridgehead atoms. The summed E-state index contributed by atoms with van der Waals surface area (Å²) in [5.41, 5.74) is 3.95. The predicted molar refractivity (Wildman–Crippen MR) is 154 cm³/mol. The molecule has 208 valence electrons. The number of benzene rings is 2. The standard InChI is InChI=1S/C30H44N4O4/c1-3-5-8-16-31-24-13-14-26(23-12-15-28(35)32-30(23)24)38-21-9-17-33-18-19-34(22-29(33)36)25-10-6-7-11-27(25)37-20-4-2/h6-7,10-11,13-14,29,31,36H,3-5,8-9,12,15-22H2,1-2H3,(H,32,35). The molecule has 0 aliphatic carbocycles. The summed E-state index contributed by atoms with van der Waals surface area (Å²) in [4.78, 5) is 16.4. The number of fused-ring (bicyclic) bond motifs is 1. The highest BCUT2D eigenvalue weighted by atomic mass is 16.5. The molecule has 1 atom stereocenters. The van der Waals surface area contributed by atoms with Crippen molar-refractivity contribution in [2.24, 2.45) is 0 Å². The van der Waals surface area contributed by atoms with Crippen LogP contribution in [0.15, 0.2) is 36.4 Å². The van der Waals surface area contributed by atoms with Crippen LogP contribution in [0.3, 0.4) is 0 Å². The van der Waals surface area contributed by atoms with Gasteiger partial charge in [0.1, 0.15) is 17.7 Å². The Morgan fingerprint density at radius 2 is 1.82 bits per heavy atom. The summed E-state index contributed by atoms with van der Waals surface area (Å²) in [6.07, 6.45) is 5.87. The number of nitrogens with one attached hydrogen (secondary N) is 2. The van der Waals surface area contributed by atoms with Crippen LogP contribution < -0.4 is 25.0 Å². The van der Waals surface area contributed by atoms with Gasteiger partial charge in [-0.25, -0.2) is 0 Å². The molecule has 1 saturated heterocycles. The Morgan fingerprint density at radius 3 is 2.63 bits per heavy atom. The minimum atomic E-state index is -0.538. The van der Waals surface area contributed by atoms with Crippen molar-refractivity contribution < 1.29 is 19.4 Å². The van der Waals surface area contributed by atoms with Crippen LogP contribution in [0, 0.1) is 0 Å². The number of para-hydroxylation sites is 2. The Morgan fingerprint density at radius 1 is 0.974 bits per heavy atom. The lowest BCUT2D eigenvalue weighted by Crippen LogP contribution is -2.53. The molecule has 2 aromatic rings. The van der Waals surface area contributed by atoms with E-state index in [2.05, 4.69) is 40.3 Å². The number of hydrogen-bond donors (Lipinski definition) is 3. The third-order valence-corrected chi connectivity index (χ3v) is 7.21. The van der Waals surface area contributed by atoms with Gasteiger partial charge >= 0.3 is 0 Å². The number of hydrogen-bond acceptors (Lipinski definition) is 7. The minimum Gasteiger partial charge on any atom is -0.493 e. The molecular formula is C30H44N4O4. The number of piperazine rings is 1. The Bertz CT molecular complexity index is 1050. The second kappa shape index (κ2) is 14.3. The van der Waals surface area contributed by atoms with Crippen molar-refractivity contribution >= 4 is 23.0 Å². The minimum absolute atomic E-state index is 0.0546. The normalized spacial score (nSPS) is 17.6. The van der Waals surface area contributed by atoms with E-state index in [4.69, 9.17) is 9.47 Å². The number of unbranched alkanes of at least 4 members (excludes halogenated alkanes) is 2. The summed E-state index contributed by atoms with van der Waals surface area (Å²) in [6.45, 7) is 9.36. The smallest absolute Gasteiger partial charge is 0.224 e. The lowest BCUT2D eigenvalue weighted by Gasteiger charge is -2.40. The molecule has 2 aliphatic rings. The number of aliphatic hydroxyl groups excluding tert-OH is 1. The van der Waals surface area contributed by atoms with Gasteiger partial charge in [-0.05, 0) is 49.9 Å². The Kier molecular flexibility index (Phi) is 10.5. The third kappa shape index (κ3) is 7.32. The molecule has 2 aliphatic heterocycles. The summed E-state index contributed by atoms with van der Waals surface area (Å²) in [7, 11) is 0. The van der Waals surface area contributed by atoms with E-state index in [0.29, 0.717) is 32.6 Å². The van der Waals surface area contributed by atoms with Crippen molar-refractivity contribution in [1.29, 1.82) is 0 Å². The molecule has 2 aromatic carbocycles. The highest BCUT2D eigenvalue weighted by Gasteiger charge is 2.27. The maximum atomic E-state index is 12.1. The maximum Gasteiger partial charge on any atom is 0.224 e. The van der Waals surface area contributed by atoms with Crippen molar-refractivity contribution in [2.45, 2.75) is 65.0 Å². The molecule has 3 N–H and O–H groups in total. The van der Waals surface area contributed by atoms with Gasteiger partial charge in [-0.3, -0.25) is 9.69 Å². The highest BCUT2D eigenvalue weighted by Crippen LogP contribution is 2.37. The van der Waals surface area contributed by atoms with E-state index in [1.807, 2.05) is 30.3 Å². The number of nitrogens with zero attached hydrogens (tertiary/aromatic N) is 2. The molecule has 2 heterocycles. The molecular weight excluding hydrogens is 480 g/mol. The zero-order valence-electron chi connectivity index (χ0n) is 23.0. The van der Waals surface area contributed by atoms with Crippen molar-refractivity contribution in [1.82, 2.24) is 4.90 Å². The number of β-amino-alcohol motifs (C(OH)–C–C–N with tert-alkyl or cyclic N) is 1. The highest BCUT2D eigenvalue weighted by molar-refractivity contribution is 5.98. The fourth-order valence-electron chi connectivity index (χ4n) is 5.12. The van der Waals surface area contributed by atoms with Gasteiger partial charge in [-0.1, -0.05) is 38.8 Å². The molecule has 1 fully saturated rings. The van der Waals surface area contributed by atoms with Gasteiger partial charge < -0.3 is 30.1 Å². The largest absolute Gasteiger partial charge is 0.493 e. The number of amides is 1. The molecule has 38 heavy (non-hydrogen) atoms. The fraction of sp³-hybridized carbons (Fsp3) is 0.567. The van der Waals surface area contributed by atoms with Crippen LogP contribution in [0.2, 0.25) is 0 Å². The van der Waals surface area contributed by atoms with E-state index in [0.717, 1.165) is 79.6 Å². The first kappa shape index (κ1) is 28.0. The molecule has 4 rings (SSSR count). The van der Waals surface area contributed by atoms with Gasteiger partial charge in [0.15, 0.2) is 0 Å². The molecule has 1 amide bonds. The van der Waals surface area contributed by atoms with E-state index >= 15 is 0 Å². The monoisotopic (exact) mass is 524 g/mol. The zero-order chi connectivity index (χ0) is 26.7. The Balaban J connectivity index is 1.27.